The number of carbonyl (C=O) groups excluding carboxylic acids is 1. The molecule has 2 aliphatic rings. The second-order valence-electron chi connectivity index (χ2n) is 5.53. The van der Waals surface area contributed by atoms with Crippen molar-refractivity contribution in [3.05, 3.63) is 30.3 Å². The third kappa shape index (κ3) is 2.75. The molecule has 3 heteroatoms. The van der Waals surface area contributed by atoms with E-state index in [0.29, 0.717) is 6.04 Å². The zero-order chi connectivity index (χ0) is 13.1. The summed E-state index contributed by atoms with van der Waals surface area (Å²) in [5.74, 6) is 0.988. The molecule has 0 spiro atoms. The Bertz CT molecular complexity index is 426. The molecule has 1 aliphatic carbocycles. The Morgan fingerprint density at radius 1 is 1.00 bits per heavy atom. The van der Waals surface area contributed by atoms with Gasteiger partial charge in [0.15, 0.2) is 6.10 Å². The Morgan fingerprint density at radius 3 is 2.47 bits per heavy atom. The minimum atomic E-state index is -0.274. The highest BCUT2D eigenvalue weighted by molar-refractivity contribution is 5.83. The molecule has 1 unspecified atom stereocenters. The highest BCUT2D eigenvalue weighted by Crippen LogP contribution is 2.28. The van der Waals surface area contributed by atoms with E-state index in [-0.39, 0.29) is 12.0 Å². The molecule has 3 rings (SSSR count). The fourth-order valence-electron chi connectivity index (χ4n) is 3.20. The minimum Gasteiger partial charge on any atom is -0.481 e. The molecule has 1 aliphatic heterocycles. The largest absolute Gasteiger partial charge is 0.481 e. The van der Waals surface area contributed by atoms with Crippen LogP contribution in [-0.4, -0.2) is 29.5 Å². The van der Waals surface area contributed by atoms with E-state index >= 15 is 0 Å². The summed E-state index contributed by atoms with van der Waals surface area (Å²) in [6, 6.07) is 10.1. The van der Waals surface area contributed by atoms with Gasteiger partial charge in [0.1, 0.15) is 5.75 Å². The van der Waals surface area contributed by atoms with Crippen molar-refractivity contribution in [1.82, 2.24) is 4.90 Å². The van der Waals surface area contributed by atoms with Crippen molar-refractivity contribution in [3.63, 3.8) is 0 Å². The Morgan fingerprint density at radius 2 is 1.74 bits per heavy atom. The average Bonchev–Trinajstić information content (AvgIpc) is 2.82. The summed E-state index contributed by atoms with van der Waals surface area (Å²) in [5, 5.41) is 0. The highest BCUT2D eigenvalue weighted by atomic mass is 16.5. The van der Waals surface area contributed by atoms with Gasteiger partial charge in [-0.25, -0.2) is 0 Å². The lowest BCUT2D eigenvalue weighted by Gasteiger charge is -2.31. The van der Waals surface area contributed by atoms with Gasteiger partial charge in [-0.1, -0.05) is 37.5 Å². The van der Waals surface area contributed by atoms with Crippen LogP contribution in [0.2, 0.25) is 0 Å². The number of likely N-dealkylation sites (tertiary alicyclic amines) is 1. The summed E-state index contributed by atoms with van der Waals surface area (Å²) in [5.41, 5.74) is 0. The monoisotopic (exact) mass is 259 g/mol. The van der Waals surface area contributed by atoms with Crippen molar-refractivity contribution in [2.24, 2.45) is 0 Å². The molecular formula is C16H21NO2. The summed E-state index contributed by atoms with van der Waals surface area (Å²) in [6.45, 7) is 0.862. The van der Waals surface area contributed by atoms with Crippen LogP contribution >= 0.6 is 0 Å². The number of rotatable bonds is 3. The van der Waals surface area contributed by atoms with Crippen molar-refractivity contribution in [3.8, 4) is 5.75 Å². The molecular weight excluding hydrogens is 238 g/mol. The van der Waals surface area contributed by atoms with E-state index in [4.69, 9.17) is 4.74 Å². The lowest BCUT2D eigenvalue weighted by Crippen LogP contribution is -2.40. The number of hydrogen-bond acceptors (Lipinski definition) is 2. The van der Waals surface area contributed by atoms with Crippen LogP contribution in [0.15, 0.2) is 30.3 Å². The molecule has 0 N–H and O–H groups in total. The average molecular weight is 259 g/mol. The fourth-order valence-corrected chi connectivity index (χ4v) is 3.20. The molecule has 1 saturated heterocycles. The van der Waals surface area contributed by atoms with Crippen LogP contribution in [0, 0.1) is 0 Å². The summed E-state index contributed by atoms with van der Waals surface area (Å²) in [6.07, 6.45) is 6.74. The molecule has 1 saturated carbocycles. The van der Waals surface area contributed by atoms with Crippen molar-refractivity contribution in [2.75, 3.05) is 6.54 Å². The molecule has 2 fully saturated rings. The molecule has 1 aromatic rings. The van der Waals surface area contributed by atoms with Gasteiger partial charge in [-0.05, 0) is 25.0 Å². The van der Waals surface area contributed by atoms with Gasteiger partial charge in [0.05, 0.1) is 0 Å². The second-order valence-corrected chi connectivity index (χ2v) is 5.53. The molecule has 0 aromatic heterocycles. The summed E-state index contributed by atoms with van der Waals surface area (Å²) in [4.78, 5) is 14.5. The maximum atomic E-state index is 12.4. The predicted octanol–water partition coefficient (Wildman–Crippen LogP) is 3.00. The predicted molar refractivity (Wildman–Crippen MR) is 74.1 cm³/mol. The van der Waals surface area contributed by atoms with Crippen LogP contribution in [0.5, 0.6) is 5.75 Å². The first kappa shape index (κ1) is 12.5. The fraction of sp³-hybridized carbons (Fsp3) is 0.562. The van der Waals surface area contributed by atoms with E-state index < -0.39 is 0 Å². The van der Waals surface area contributed by atoms with Gasteiger partial charge in [-0.3, -0.25) is 4.79 Å². The first-order valence-electron chi connectivity index (χ1n) is 7.37. The van der Waals surface area contributed by atoms with E-state index in [2.05, 4.69) is 4.90 Å². The lowest BCUT2D eigenvalue weighted by molar-refractivity contribution is -0.135. The second kappa shape index (κ2) is 5.64. The molecule has 0 radical (unpaired) electrons. The van der Waals surface area contributed by atoms with Crippen LogP contribution in [0.1, 0.15) is 38.5 Å². The maximum absolute atomic E-state index is 12.4. The van der Waals surface area contributed by atoms with Crippen molar-refractivity contribution < 1.29 is 9.53 Å². The quantitative estimate of drug-likeness (QED) is 0.835. The standard InChI is InChI=1S/C16H21NO2/c18-16-15(19-14-9-5-2-6-10-14)11-12-17(16)13-7-3-1-4-8-13/h2,5-6,9-10,13,15H,1,3-4,7-8,11-12H2. The zero-order valence-corrected chi connectivity index (χ0v) is 11.3. The Balaban J connectivity index is 1.62. The topological polar surface area (TPSA) is 29.5 Å². The number of benzene rings is 1. The van der Waals surface area contributed by atoms with E-state index in [9.17, 15) is 4.79 Å². The molecule has 1 aromatic carbocycles. The van der Waals surface area contributed by atoms with Crippen molar-refractivity contribution in [2.45, 2.75) is 50.7 Å². The molecule has 19 heavy (non-hydrogen) atoms. The van der Waals surface area contributed by atoms with Gasteiger partial charge in [0.2, 0.25) is 0 Å². The van der Waals surface area contributed by atoms with Gasteiger partial charge in [-0.15, -0.1) is 0 Å². The molecule has 1 amide bonds. The Kier molecular flexibility index (Phi) is 3.72. The van der Waals surface area contributed by atoms with Crippen LogP contribution in [0.3, 0.4) is 0 Å². The van der Waals surface area contributed by atoms with E-state index in [1.165, 1.54) is 32.1 Å². The normalized spacial score (nSPS) is 24.7. The SMILES string of the molecule is O=C1C(Oc2ccccc2)CCN1C1CCCCC1. The van der Waals surface area contributed by atoms with Gasteiger partial charge < -0.3 is 9.64 Å². The number of nitrogens with zero attached hydrogens (tertiary/aromatic N) is 1. The molecule has 102 valence electrons. The first-order chi connectivity index (χ1) is 9.34. The third-order valence-corrected chi connectivity index (χ3v) is 4.23. The van der Waals surface area contributed by atoms with Gasteiger partial charge in [0, 0.05) is 19.0 Å². The lowest BCUT2D eigenvalue weighted by atomic mass is 9.94. The zero-order valence-electron chi connectivity index (χ0n) is 11.3. The Hall–Kier alpha value is -1.51. The van der Waals surface area contributed by atoms with Crippen molar-refractivity contribution in [1.29, 1.82) is 0 Å². The summed E-state index contributed by atoms with van der Waals surface area (Å²) in [7, 11) is 0. The van der Waals surface area contributed by atoms with Crippen LogP contribution in [-0.2, 0) is 4.79 Å². The van der Waals surface area contributed by atoms with Gasteiger partial charge in [0.25, 0.3) is 5.91 Å². The van der Waals surface area contributed by atoms with Gasteiger partial charge >= 0.3 is 0 Å². The molecule has 1 atom stereocenters. The third-order valence-electron chi connectivity index (χ3n) is 4.23. The first-order valence-corrected chi connectivity index (χ1v) is 7.37. The van der Waals surface area contributed by atoms with Gasteiger partial charge in [-0.2, -0.15) is 0 Å². The highest BCUT2D eigenvalue weighted by Gasteiger charge is 2.37. The maximum Gasteiger partial charge on any atom is 0.263 e. The summed E-state index contributed by atoms with van der Waals surface area (Å²) >= 11 is 0. The molecule has 1 heterocycles. The molecule has 3 nitrogen and oxygen atoms in total. The van der Waals surface area contributed by atoms with Crippen LogP contribution in [0.25, 0.3) is 0 Å². The smallest absolute Gasteiger partial charge is 0.263 e. The minimum absolute atomic E-state index is 0.191. The van der Waals surface area contributed by atoms with E-state index in [1.807, 2.05) is 30.3 Å². The number of hydrogen-bond donors (Lipinski definition) is 0. The van der Waals surface area contributed by atoms with E-state index in [0.717, 1.165) is 18.7 Å². The van der Waals surface area contributed by atoms with Crippen LogP contribution in [0.4, 0.5) is 0 Å². The Labute approximate surface area is 114 Å². The molecule has 0 bridgehead atoms. The summed E-state index contributed by atoms with van der Waals surface area (Å²) < 4.78 is 5.82. The van der Waals surface area contributed by atoms with Crippen LogP contribution < -0.4 is 4.74 Å². The van der Waals surface area contributed by atoms with E-state index in [1.54, 1.807) is 0 Å². The number of carbonyl (C=O) groups is 1. The number of para-hydroxylation sites is 1. The number of amides is 1. The van der Waals surface area contributed by atoms with Crippen molar-refractivity contribution >= 4 is 5.91 Å². The number of ether oxygens (including phenoxy) is 1.